The molecule has 1 aromatic rings. The lowest BCUT2D eigenvalue weighted by Gasteiger charge is -2.06. The fourth-order valence-corrected chi connectivity index (χ4v) is 2.17. The lowest BCUT2D eigenvalue weighted by molar-refractivity contribution is -0.115. The predicted molar refractivity (Wildman–Crippen MR) is 68.7 cm³/mol. The number of hydrogen-bond acceptors (Lipinski definition) is 5. The Morgan fingerprint density at radius 3 is 2.17 bits per heavy atom. The molecule has 0 atom stereocenters. The van der Waals surface area contributed by atoms with Crippen LogP contribution in [0.3, 0.4) is 0 Å². The summed E-state index contributed by atoms with van der Waals surface area (Å²) >= 11 is 0.875. The Kier molecular flexibility index (Phi) is 3.57. The van der Waals surface area contributed by atoms with Crippen LogP contribution in [0, 0.1) is 0 Å². The largest absolute Gasteiger partial charge is 0.497 e. The molecule has 94 valence electrons. The van der Waals surface area contributed by atoms with E-state index in [-0.39, 0.29) is 11.1 Å². The summed E-state index contributed by atoms with van der Waals surface area (Å²) in [5, 5.41) is 1.84. The van der Waals surface area contributed by atoms with E-state index in [1.165, 1.54) is 0 Å². The van der Waals surface area contributed by atoms with Crippen molar-refractivity contribution in [1.29, 1.82) is 0 Å². The first kappa shape index (κ1) is 12.5. The molecular weight excluding hydrogens is 254 g/mol. The lowest BCUT2D eigenvalue weighted by atomic mass is 10.2. The van der Waals surface area contributed by atoms with Gasteiger partial charge in [-0.2, -0.15) is 0 Å². The number of benzene rings is 1. The smallest absolute Gasteiger partial charge is 0.290 e. The van der Waals surface area contributed by atoms with E-state index >= 15 is 0 Å². The summed E-state index contributed by atoms with van der Waals surface area (Å²) < 4.78 is 10.3. The molecule has 0 bridgehead atoms. The number of imide groups is 1. The van der Waals surface area contributed by atoms with Crippen molar-refractivity contribution >= 4 is 29.0 Å². The van der Waals surface area contributed by atoms with E-state index < -0.39 is 0 Å². The van der Waals surface area contributed by atoms with E-state index in [0.717, 1.165) is 17.3 Å². The van der Waals surface area contributed by atoms with Crippen LogP contribution in [0.1, 0.15) is 5.56 Å². The molecule has 6 heteroatoms. The fourth-order valence-electron chi connectivity index (χ4n) is 1.49. The zero-order valence-corrected chi connectivity index (χ0v) is 10.7. The van der Waals surface area contributed by atoms with Crippen molar-refractivity contribution in [2.75, 3.05) is 14.2 Å². The molecule has 1 fully saturated rings. The van der Waals surface area contributed by atoms with E-state index in [9.17, 15) is 9.59 Å². The zero-order valence-electron chi connectivity index (χ0n) is 9.85. The molecule has 1 saturated heterocycles. The van der Waals surface area contributed by atoms with Crippen LogP contribution < -0.4 is 14.8 Å². The third-order valence-corrected chi connectivity index (χ3v) is 3.12. The van der Waals surface area contributed by atoms with Crippen molar-refractivity contribution in [3.63, 3.8) is 0 Å². The van der Waals surface area contributed by atoms with Crippen LogP contribution in [-0.2, 0) is 4.79 Å². The van der Waals surface area contributed by atoms with Gasteiger partial charge < -0.3 is 9.47 Å². The maximum absolute atomic E-state index is 11.4. The van der Waals surface area contributed by atoms with Crippen LogP contribution in [0.25, 0.3) is 6.08 Å². The Labute approximate surface area is 108 Å². The number of amides is 2. The standard InChI is InChI=1S/C12H11NO4S/c1-16-8-3-7(4-9(6-8)17-2)5-10-11(14)13-12(15)18-10/h3-6H,1-2H3,(H,13,14,15)/b10-5-. The van der Waals surface area contributed by atoms with Crippen molar-refractivity contribution in [2.24, 2.45) is 0 Å². The minimum Gasteiger partial charge on any atom is -0.497 e. The van der Waals surface area contributed by atoms with Crippen LogP contribution in [0.15, 0.2) is 23.1 Å². The quantitative estimate of drug-likeness (QED) is 0.847. The Hall–Kier alpha value is -1.95. The first-order chi connectivity index (χ1) is 8.62. The summed E-state index contributed by atoms with van der Waals surface area (Å²) in [6.45, 7) is 0. The maximum atomic E-state index is 11.4. The third-order valence-electron chi connectivity index (χ3n) is 2.31. The molecule has 2 rings (SSSR count). The van der Waals surface area contributed by atoms with Crippen molar-refractivity contribution in [3.05, 3.63) is 28.7 Å². The SMILES string of the molecule is COc1cc(/C=C2\SC(=O)NC2=O)cc(OC)c1. The van der Waals surface area contributed by atoms with Gasteiger partial charge >= 0.3 is 0 Å². The van der Waals surface area contributed by atoms with Crippen LogP contribution in [0.2, 0.25) is 0 Å². The molecule has 18 heavy (non-hydrogen) atoms. The monoisotopic (exact) mass is 265 g/mol. The van der Waals surface area contributed by atoms with E-state index in [0.29, 0.717) is 16.4 Å². The molecule has 0 spiro atoms. The molecule has 2 amide bonds. The van der Waals surface area contributed by atoms with Gasteiger partial charge in [0.05, 0.1) is 19.1 Å². The van der Waals surface area contributed by atoms with E-state index in [2.05, 4.69) is 5.32 Å². The number of carbonyl (C=O) groups is 2. The highest BCUT2D eigenvalue weighted by Crippen LogP contribution is 2.29. The number of methoxy groups -OCH3 is 2. The summed E-state index contributed by atoms with van der Waals surface area (Å²) in [5.41, 5.74) is 0.735. The number of rotatable bonds is 3. The van der Waals surface area contributed by atoms with Gasteiger partial charge in [-0.3, -0.25) is 14.9 Å². The summed E-state index contributed by atoms with van der Waals surface area (Å²) in [6, 6.07) is 5.24. The number of ether oxygens (including phenoxy) is 2. The lowest BCUT2D eigenvalue weighted by Crippen LogP contribution is -2.17. The van der Waals surface area contributed by atoms with Crippen LogP contribution >= 0.6 is 11.8 Å². The molecule has 0 aliphatic carbocycles. The van der Waals surface area contributed by atoms with Crippen LogP contribution in [0.5, 0.6) is 11.5 Å². The van der Waals surface area contributed by atoms with Gasteiger partial charge in [-0.1, -0.05) is 0 Å². The van der Waals surface area contributed by atoms with Gasteiger partial charge in [0.25, 0.3) is 11.1 Å². The Balaban J connectivity index is 2.36. The minimum atomic E-state index is -0.383. The van der Waals surface area contributed by atoms with Gasteiger partial charge in [-0.15, -0.1) is 0 Å². The van der Waals surface area contributed by atoms with Crippen molar-refractivity contribution in [2.45, 2.75) is 0 Å². The maximum Gasteiger partial charge on any atom is 0.290 e. The van der Waals surface area contributed by atoms with Gasteiger partial charge in [0.15, 0.2) is 0 Å². The van der Waals surface area contributed by atoms with E-state index in [1.807, 2.05) is 0 Å². The molecule has 0 aromatic heterocycles. The molecule has 1 aliphatic rings. The van der Waals surface area contributed by atoms with E-state index in [1.54, 1.807) is 38.5 Å². The van der Waals surface area contributed by atoms with Crippen LogP contribution in [-0.4, -0.2) is 25.4 Å². The van der Waals surface area contributed by atoms with Crippen molar-refractivity contribution in [1.82, 2.24) is 5.32 Å². The molecule has 1 heterocycles. The molecule has 1 aromatic carbocycles. The summed E-state index contributed by atoms with van der Waals surface area (Å²) in [5.74, 6) is 0.860. The molecule has 0 unspecified atom stereocenters. The van der Waals surface area contributed by atoms with Crippen molar-refractivity contribution < 1.29 is 19.1 Å². The van der Waals surface area contributed by atoms with E-state index in [4.69, 9.17) is 9.47 Å². The predicted octanol–water partition coefficient (Wildman–Crippen LogP) is 2.03. The zero-order chi connectivity index (χ0) is 13.1. The van der Waals surface area contributed by atoms with Crippen molar-refractivity contribution in [3.8, 4) is 11.5 Å². The molecule has 0 saturated carbocycles. The normalized spacial score (nSPS) is 16.9. The highest BCUT2D eigenvalue weighted by molar-refractivity contribution is 8.18. The van der Waals surface area contributed by atoms with Gasteiger partial charge in [-0.05, 0) is 35.5 Å². The third kappa shape index (κ3) is 2.65. The average molecular weight is 265 g/mol. The second-order valence-electron chi connectivity index (χ2n) is 3.50. The molecule has 0 radical (unpaired) electrons. The molecule has 1 N–H and O–H groups in total. The van der Waals surface area contributed by atoms with Gasteiger partial charge in [-0.25, -0.2) is 0 Å². The highest BCUT2D eigenvalue weighted by Gasteiger charge is 2.24. The summed E-state index contributed by atoms with van der Waals surface area (Å²) in [4.78, 5) is 22.8. The first-order valence-corrected chi connectivity index (χ1v) is 5.92. The first-order valence-electron chi connectivity index (χ1n) is 5.10. The van der Waals surface area contributed by atoms with Crippen LogP contribution in [0.4, 0.5) is 4.79 Å². The Morgan fingerprint density at radius 1 is 1.11 bits per heavy atom. The average Bonchev–Trinajstić information content (AvgIpc) is 2.67. The number of thioether (sulfide) groups is 1. The second kappa shape index (κ2) is 5.14. The molecule has 5 nitrogen and oxygen atoms in total. The topological polar surface area (TPSA) is 64.6 Å². The van der Waals surface area contributed by atoms with Gasteiger partial charge in [0.1, 0.15) is 11.5 Å². The summed E-state index contributed by atoms with van der Waals surface area (Å²) in [6.07, 6.45) is 1.62. The highest BCUT2D eigenvalue weighted by atomic mass is 32.2. The number of nitrogens with one attached hydrogen (secondary N) is 1. The second-order valence-corrected chi connectivity index (χ2v) is 4.51. The Bertz CT molecular complexity index is 517. The number of carbonyl (C=O) groups excluding carboxylic acids is 2. The summed E-state index contributed by atoms with van der Waals surface area (Å²) in [7, 11) is 3.10. The number of hydrogen-bond donors (Lipinski definition) is 1. The fraction of sp³-hybridized carbons (Fsp3) is 0.167. The Morgan fingerprint density at radius 2 is 1.72 bits per heavy atom. The molecule has 1 aliphatic heterocycles. The molecular formula is C12H11NO4S. The minimum absolute atomic E-state index is 0.357. The van der Waals surface area contributed by atoms with Gasteiger partial charge in [0.2, 0.25) is 0 Å². The van der Waals surface area contributed by atoms with Gasteiger partial charge in [0, 0.05) is 6.07 Å².